The van der Waals surface area contributed by atoms with Gasteiger partial charge in [-0.05, 0) is 54.8 Å². The normalized spacial score (nSPS) is 10.7. The number of rotatable bonds is 10. The van der Waals surface area contributed by atoms with Gasteiger partial charge in [-0.2, -0.15) is 0 Å². The Labute approximate surface area is 174 Å². The second-order valence-corrected chi connectivity index (χ2v) is 7.27. The van der Waals surface area contributed by atoms with Crippen LogP contribution in [0.5, 0.6) is 11.5 Å². The lowest BCUT2D eigenvalue weighted by Gasteiger charge is -2.07. The molecule has 0 saturated heterocycles. The molecular weight excluding hydrogens is 360 g/mol. The minimum absolute atomic E-state index is 0.757. The Morgan fingerprint density at radius 3 is 1.69 bits per heavy atom. The van der Waals surface area contributed by atoms with Crippen molar-refractivity contribution in [2.45, 2.75) is 46.5 Å². The molecular formula is C26H31O3+. The van der Waals surface area contributed by atoms with Crippen molar-refractivity contribution in [1.82, 2.24) is 0 Å². The predicted octanol–water partition coefficient (Wildman–Crippen LogP) is 7.56. The van der Waals surface area contributed by atoms with Crippen LogP contribution in [0.4, 0.5) is 0 Å². The monoisotopic (exact) mass is 391 g/mol. The van der Waals surface area contributed by atoms with Gasteiger partial charge in [0.15, 0.2) is 0 Å². The molecule has 0 N–H and O–H groups in total. The quantitative estimate of drug-likeness (QED) is 0.264. The fourth-order valence-corrected chi connectivity index (χ4v) is 3.07. The number of benzene rings is 2. The summed E-state index contributed by atoms with van der Waals surface area (Å²) < 4.78 is 17.5. The molecule has 3 rings (SSSR count). The van der Waals surface area contributed by atoms with E-state index >= 15 is 0 Å². The van der Waals surface area contributed by atoms with Gasteiger partial charge in [-0.15, -0.1) is 0 Å². The van der Waals surface area contributed by atoms with Gasteiger partial charge in [-0.1, -0.05) is 38.8 Å². The number of hydrogen-bond acceptors (Lipinski definition) is 2. The first-order chi connectivity index (χ1) is 14.2. The highest BCUT2D eigenvalue weighted by Crippen LogP contribution is 2.30. The lowest BCUT2D eigenvalue weighted by atomic mass is 10.0. The standard InChI is InChI=1S/C26H31O3/c1-4-6-16-27-24-12-8-21(9-13-24)23-18-20(3)29-26(19-23)22-10-14-25(15-11-22)28-17-7-5-2/h8-15,18-19H,4-7,16-17H2,1-3H3/q+1. The Hall–Kier alpha value is -2.81. The average molecular weight is 392 g/mol. The van der Waals surface area contributed by atoms with Crippen molar-refractivity contribution >= 4 is 0 Å². The average Bonchev–Trinajstić information content (AvgIpc) is 2.75. The third-order valence-electron chi connectivity index (χ3n) is 4.78. The Kier molecular flexibility index (Phi) is 7.69. The number of ether oxygens (including phenoxy) is 2. The van der Waals surface area contributed by atoms with Crippen LogP contribution < -0.4 is 9.47 Å². The number of hydrogen-bond donors (Lipinski definition) is 0. The van der Waals surface area contributed by atoms with Crippen molar-refractivity contribution in [2.75, 3.05) is 13.2 Å². The van der Waals surface area contributed by atoms with Crippen molar-refractivity contribution < 1.29 is 13.9 Å². The molecule has 152 valence electrons. The largest absolute Gasteiger partial charge is 0.494 e. The lowest BCUT2D eigenvalue weighted by molar-refractivity contribution is 0.309. The molecule has 0 amide bonds. The van der Waals surface area contributed by atoms with Crippen LogP contribution in [-0.4, -0.2) is 13.2 Å². The Bertz CT molecular complexity index is 811. The molecule has 0 bridgehead atoms. The maximum Gasteiger partial charge on any atom is 0.360 e. The lowest BCUT2D eigenvalue weighted by Crippen LogP contribution is -1.96. The molecule has 0 aliphatic rings. The maximum absolute atomic E-state index is 5.99. The summed E-state index contributed by atoms with van der Waals surface area (Å²) in [5, 5.41) is 0. The predicted molar refractivity (Wildman–Crippen MR) is 120 cm³/mol. The van der Waals surface area contributed by atoms with E-state index in [1.54, 1.807) is 0 Å². The van der Waals surface area contributed by atoms with Crippen molar-refractivity contribution in [3.63, 3.8) is 0 Å². The molecule has 1 aromatic heterocycles. The Morgan fingerprint density at radius 1 is 0.655 bits per heavy atom. The molecule has 3 aromatic rings. The minimum atomic E-state index is 0.757. The van der Waals surface area contributed by atoms with Gasteiger partial charge < -0.3 is 9.47 Å². The van der Waals surface area contributed by atoms with E-state index in [9.17, 15) is 0 Å². The summed E-state index contributed by atoms with van der Waals surface area (Å²) in [6, 6.07) is 20.5. The maximum atomic E-state index is 5.99. The summed E-state index contributed by atoms with van der Waals surface area (Å²) in [5.74, 6) is 3.54. The van der Waals surface area contributed by atoms with Crippen LogP contribution in [0.3, 0.4) is 0 Å². The van der Waals surface area contributed by atoms with Gasteiger partial charge >= 0.3 is 11.5 Å². The number of aryl methyl sites for hydroxylation is 1. The molecule has 29 heavy (non-hydrogen) atoms. The van der Waals surface area contributed by atoms with Gasteiger partial charge in [0.2, 0.25) is 0 Å². The highest BCUT2D eigenvalue weighted by atomic mass is 16.5. The summed E-state index contributed by atoms with van der Waals surface area (Å²) >= 11 is 0. The molecule has 0 unspecified atom stereocenters. The highest BCUT2D eigenvalue weighted by molar-refractivity contribution is 5.70. The first kappa shape index (κ1) is 20.9. The van der Waals surface area contributed by atoms with Crippen LogP contribution in [0.15, 0.2) is 65.1 Å². The molecule has 2 aromatic carbocycles. The summed E-state index contributed by atoms with van der Waals surface area (Å²) in [6.45, 7) is 7.84. The third kappa shape index (κ3) is 6.08. The van der Waals surface area contributed by atoms with Gasteiger partial charge in [0.05, 0.1) is 31.8 Å². The third-order valence-corrected chi connectivity index (χ3v) is 4.78. The number of unbranched alkanes of at least 4 members (excludes halogenated alkanes) is 2. The van der Waals surface area contributed by atoms with Gasteiger partial charge in [-0.3, -0.25) is 0 Å². The van der Waals surface area contributed by atoms with Crippen LogP contribution in [0, 0.1) is 6.92 Å². The van der Waals surface area contributed by atoms with E-state index in [1.807, 2.05) is 43.3 Å². The van der Waals surface area contributed by atoms with Gasteiger partial charge in [0, 0.05) is 11.6 Å². The smallest absolute Gasteiger partial charge is 0.360 e. The molecule has 3 nitrogen and oxygen atoms in total. The van der Waals surface area contributed by atoms with E-state index in [0.717, 1.165) is 78.6 Å². The van der Waals surface area contributed by atoms with E-state index in [4.69, 9.17) is 13.9 Å². The fraction of sp³-hybridized carbons (Fsp3) is 0.346. The van der Waals surface area contributed by atoms with E-state index < -0.39 is 0 Å². The van der Waals surface area contributed by atoms with Crippen LogP contribution in [-0.2, 0) is 0 Å². The SMILES string of the molecule is CCCCOc1ccc(-c2cc(C)[o+]c(-c3ccc(OCCCC)cc3)c2)cc1. The zero-order valence-corrected chi connectivity index (χ0v) is 17.7. The van der Waals surface area contributed by atoms with Gasteiger partial charge in [0.1, 0.15) is 11.5 Å². The molecule has 1 heterocycles. The van der Waals surface area contributed by atoms with Gasteiger partial charge in [-0.25, -0.2) is 4.42 Å². The van der Waals surface area contributed by atoms with E-state index in [-0.39, 0.29) is 0 Å². The molecule has 0 saturated carbocycles. The van der Waals surface area contributed by atoms with E-state index in [0.29, 0.717) is 0 Å². The van der Waals surface area contributed by atoms with Crippen LogP contribution in [0.25, 0.3) is 22.5 Å². The first-order valence-corrected chi connectivity index (χ1v) is 10.6. The second kappa shape index (κ2) is 10.7. The Balaban J connectivity index is 1.76. The van der Waals surface area contributed by atoms with Crippen LogP contribution >= 0.6 is 0 Å². The molecule has 3 heteroatoms. The highest BCUT2D eigenvalue weighted by Gasteiger charge is 2.16. The zero-order valence-electron chi connectivity index (χ0n) is 17.7. The van der Waals surface area contributed by atoms with Crippen molar-refractivity contribution in [1.29, 1.82) is 0 Å². The van der Waals surface area contributed by atoms with E-state index in [2.05, 4.69) is 38.1 Å². The first-order valence-electron chi connectivity index (χ1n) is 10.6. The molecule has 0 aliphatic heterocycles. The van der Waals surface area contributed by atoms with Gasteiger partial charge in [0.25, 0.3) is 0 Å². The Morgan fingerprint density at radius 2 is 1.17 bits per heavy atom. The van der Waals surface area contributed by atoms with Crippen LogP contribution in [0.1, 0.15) is 45.3 Å². The van der Waals surface area contributed by atoms with Crippen molar-refractivity contribution in [3.05, 3.63) is 66.4 Å². The van der Waals surface area contributed by atoms with Crippen molar-refractivity contribution in [2.24, 2.45) is 0 Å². The fourth-order valence-electron chi connectivity index (χ4n) is 3.07. The summed E-state index contributed by atoms with van der Waals surface area (Å²) in [5.41, 5.74) is 3.32. The molecule has 0 aliphatic carbocycles. The summed E-state index contributed by atoms with van der Waals surface area (Å²) in [7, 11) is 0. The molecule has 0 radical (unpaired) electrons. The van der Waals surface area contributed by atoms with Crippen LogP contribution in [0.2, 0.25) is 0 Å². The molecule has 0 spiro atoms. The zero-order chi connectivity index (χ0) is 20.5. The molecule has 0 atom stereocenters. The molecule has 0 fully saturated rings. The van der Waals surface area contributed by atoms with E-state index in [1.165, 1.54) is 0 Å². The second-order valence-electron chi connectivity index (χ2n) is 7.27. The summed E-state index contributed by atoms with van der Waals surface area (Å²) in [4.78, 5) is 0. The van der Waals surface area contributed by atoms with Crippen molar-refractivity contribution in [3.8, 4) is 33.9 Å². The topological polar surface area (TPSA) is 29.8 Å². The summed E-state index contributed by atoms with van der Waals surface area (Å²) in [6.07, 6.45) is 4.42. The minimum Gasteiger partial charge on any atom is -0.494 e.